The minimum Gasteiger partial charge on any atom is -0.296 e. The molecule has 22 heavy (non-hydrogen) atoms. The third-order valence-electron chi connectivity index (χ3n) is 3.66. The number of carbonyl (C=O) groups is 1. The quantitative estimate of drug-likeness (QED) is 0.808. The van der Waals surface area contributed by atoms with Gasteiger partial charge in [-0.1, -0.05) is 6.08 Å². The third kappa shape index (κ3) is 3.08. The topological polar surface area (TPSA) is 42.9 Å². The van der Waals surface area contributed by atoms with E-state index in [0.717, 1.165) is 5.56 Å². The Morgan fingerprint density at radius 1 is 1.00 bits per heavy atom. The van der Waals surface area contributed by atoms with Crippen LogP contribution in [-0.4, -0.2) is 16.3 Å². The first kappa shape index (κ1) is 15.9. The Morgan fingerprint density at radius 2 is 1.64 bits per heavy atom. The van der Waals surface area contributed by atoms with Crippen molar-refractivity contribution in [3.05, 3.63) is 63.7 Å². The van der Waals surface area contributed by atoms with E-state index in [4.69, 9.17) is 0 Å². The van der Waals surface area contributed by atoms with E-state index in [-0.39, 0.29) is 17.2 Å². The number of rotatable bonds is 4. The molecular weight excluding hydrogens is 286 g/mol. The van der Waals surface area contributed by atoms with Crippen molar-refractivity contribution in [1.82, 2.24) is 9.97 Å². The highest BCUT2D eigenvalue weighted by molar-refractivity contribution is 5.72. The summed E-state index contributed by atoms with van der Waals surface area (Å²) in [5.41, 5.74) is 2.42. The molecule has 0 fully saturated rings. The molecule has 0 aliphatic carbocycles. The van der Waals surface area contributed by atoms with Crippen LogP contribution in [0.15, 0.2) is 18.5 Å². The highest BCUT2D eigenvalue weighted by Gasteiger charge is 2.10. The van der Waals surface area contributed by atoms with Crippen molar-refractivity contribution in [1.29, 1.82) is 0 Å². The van der Waals surface area contributed by atoms with Gasteiger partial charge in [0.2, 0.25) is 0 Å². The highest BCUT2D eigenvalue weighted by atomic mass is 19.1. The second-order valence-electron chi connectivity index (χ2n) is 5.10. The van der Waals surface area contributed by atoms with Gasteiger partial charge >= 0.3 is 0 Å². The van der Waals surface area contributed by atoms with E-state index in [1.807, 2.05) is 0 Å². The molecule has 0 unspecified atom stereocenters. The maximum atomic E-state index is 14.0. The zero-order chi connectivity index (χ0) is 16.3. The van der Waals surface area contributed by atoms with Crippen LogP contribution in [0.1, 0.15) is 38.4 Å². The van der Waals surface area contributed by atoms with Gasteiger partial charge in [-0.2, -0.15) is 0 Å². The van der Waals surface area contributed by atoms with Crippen molar-refractivity contribution < 1.29 is 13.6 Å². The summed E-state index contributed by atoms with van der Waals surface area (Å²) in [4.78, 5) is 18.4. The van der Waals surface area contributed by atoms with Crippen LogP contribution in [0, 0.1) is 32.4 Å². The van der Waals surface area contributed by atoms with Crippen LogP contribution in [0.25, 0.3) is 6.08 Å². The molecule has 0 bridgehead atoms. The fourth-order valence-electron chi connectivity index (χ4n) is 2.02. The summed E-state index contributed by atoms with van der Waals surface area (Å²) in [5.74, 6) is -0.968. The molecule has 0 aliphatic heterocycles. The number of allylic oxidation sites excluding steroid dienone is 1. The lowest BCUT2D eigenvalue weighted by atomic mass is 10.1. The number of aromatic nitrogens is 2. The van der Waals surface area contributed by atoms with E-state index < -0.39 is 5.82 Å². The maximum Gasteiger partial charge on any atom is 0.171 e. The van der Waals surface area contributed by atoms with Gasteiger partial charge < -0.3 is 0 Å². The molecule has 0 saturated heterocycles. The van der Waals surface area contributed by atoms with E-state index in [1.54, 1.807) is 39.1 Å². The summed E-state index contributed by atoms with van der Waals surface area (Å²) in [6.45, 7) is 5.08. The van der Waals surface area contributed by atoms with Crippen LogP contribution in [0.2, 0.25) is 0 Å². The number of pyridine rings is 2. The van der Waals surface area contributed by atoms with Crippen LogP contribution in [0.5, 0.6) is 0 Å². The minimum absolute atomic E-state index is 0.202. The minimum atomic E-state index is -0.614. The van der Waals surface area contributed by atoms with Gasteiger partial charge in [0, 0.05) is 12.4 Å². The molecule has 0 aromatic carbocycles. The van der Waals surface area contributed by atoms with Crippen molar-refractivity contribution in [2.75, 3.05) is 0 Å². The highest BCUT2D eigenvalue weighted by Crippen LogP contribution is 2.17. The van der Waals surface area contributed by atoms with Gasteiger partial charge in [0.15, 0.2) is 17.9 Å². The van der Waals surface area contributed by atoms with E-state index in [1.165, 1.54) is 6.20 Å². The fourth-order valence-corrected chi connectivity index (χ4v) is 2.02. The van der Waals surface area contributed by atoms with E-state index in [0.29, 0.717) is 29.4 Å². The zero-order valence-corrected chi connectivity index (χ0v) is 12.7. The molecule has 0 saturated carbocycles. The number of carbonyl (C=O) groups excluding carboxylic acids is 1. The number of aryl methyl sites for hydroxylation is 1. The molecule has 2 aromatic rings. The van der Waals surface area contributed by atoms with Gasteiger partial charge in [0.1, 0.15) is 5.69 Å². The van der Waals surface area contributed by atoms with E-state index in [2.05, 4.69) is 9.97 Å². The molecule has 0 atom stereocenters. The Bertz CT molecular complexity index is 755. The fraction of sp³-hybridized carbons (Fsp3) is 0.235. The molecule has 0 spiro atoms. The third-order valence-corrected chi connectivity index (χ3v) is 3.66. The zero-order valence-electron chi connectivity index (χ0n) is 12.7. The largest absolute Gasteiger partial charge is 0.296 e. The van der Waals surface area contributed by atoms with Crippen LogP contribution in [-0.2, 0) is 6.42 Å². The summed E-state index contributed by atoms with van der Waals surface area (Å²) in [6, 6.07) is 0. The summed E-state index contributed by atoms with van der Waals surface area (Å²) in [6.07, 6.45) is 7.09. The van der Waals surface area contributed by atoms with Gasteiger partial charge in [-0.15, -0.1) is 0 Å². The Kier molecular flexibility index (Phi) is 4.75. The van der Waals surface area contributed by atoms with Gasteiger partial charge in [0.05, 0.1) is 5.69 Å². The Balaban J connectivity index is 2.22. The van der Waals surface area contributed by atoms with Gasteiger partial charge in [-0.25, -0.2) is 8.78 Å². The van der Waals surface area contributed by atoms with Crippen LogP contribution < -0.4 is 0 Å². The average molecular weight is 302 g/mol. The van der Waals surface area contributed by atoms with E-state index in [9.17, 15) is 13.6 Å². The van der Waals surface area contributed by atoms with Crippen LogP contribution >= 0.6 is 0 Å². The smallest absolute Gasteiger partial charge is 0.171 e. The lowest BCUT2D eigenvalue weighted by Crippen LogP contribution is -2.00. The second kappa shape index (κ2) is 6.56. The molecule has 3 nitrogen and oxygen atoms in total. The van der Waals surface area contributed by atoms with Gasteiger partial charge in [0.25, 0.3) is 0 Å². The molecule has 2 rings (SSSR count). The normalized spacial score (nSPS) is 11.1. The molecular formula is C17H16F2N2O. The maximum absolute atomic E-state index is 14.0. The first-order valence-electron chi connectivity index (χ1n) is 6.83. The number of aldehydes is 1. The van der Waals surface area contributed by atoms with Gasteiger partial charge in [-0.3, -0.25) is 14.8 Å². The second-order valence-corrected chi connectivity index (χ2v) is 5.10. The standard InChI is InChI=1S/C17H16F2N2O/c1-10-7-20-14(16(18)11(10)2)6-4-5-13-8-21-15(9-22)17(19)12(13)3/h4,6-9H,5H2,1-3H3/b6-4+. The molecule has 0 radical (unpaired) electrons. The van der Waals surface area contributed by atoms with Crippen molar-refractivity contribution in [3.8, 4) is 0 Å². The number of hydrogen-bond acceptors (Lipinski definition) is 3. The monoisotopic (exact) mass is 302 g/mol. The Hall–Kier alpha value is -2.43. The first-order chi connectivity index (χ1) is 10.5. The lowest BCUT2D eigenvalue weighted by molar-refractivity contribution is 0.111. The number of halogens is 2. The van der Waals surface area contributed by atoms with Crippen molar-refractivity contribution in [2.24, 2.45) is 0 Å². The SMILES string of the molecule is Cc1cnc(/C=C/Cc2cnc(C=O)c(F)c2C)c(F)c1C. The summed E-state index contributed by atoms with van der Waals surface area (Å²) >= 11 is 0. The average Bonchev–Trinajstić information content (AvgIpc) is 2.51. The molecule has 0 aliphatic rings. The summed E-state index contributed by atoms with van der Waals surface area (Å²) in [5, 5.41) is 0. The predicted molar refractivity (Wildman–Crippen MR) is 80.7 cm³/mol. The van der Waals surface area contributed by atoms with Crippen LogP contribution in [0.3, 0.4) is 0 Å². The lowest BCUT2D eigenvalue weighted by Gasteiger charge is -2.06. The summed E-state index contributed by atoms with van der Waals surface area (Å²) in [7, 11) is 0. The molecule has 2 aromatic heterocycles. The Morgan fingerprint density at radius 3 is 2.32 bits per heavy atom. The number of nitrogens with zero attached hydrogens (tertiary/aromatic N) is 2. The van der Waals surface area contributed by atoms with Gasteiger partial charge in [-0.05, 0) is 55.5 Å². The molecule has 5 heteroatoms. The number of hydrogen-bond donors (Lipinski definition) is 0. The van der Waals surface area contributed by atoms with Crippen molar-refractivity contribution in [2.45, 2.75) is 27.2 Å². The molecule has 114 valence electrons. The van der Waals surface area contributed by atoms with Crippen LogP contribution in [0.4, 0.5) is 8.78 Å². The molecule has 0 N–H and O–H groups in total. The Labute approximate surface area is 127 Å². The molecule has 2 heterocycles. The van der Waals surface area contributed by atoms with Crippen molar-refractivity contribution >= 4 is 12.4 Å². The van der Waals surface area contributed by atoms with E-state index >= 15 is 0 Å². The summed E-state index contributed by atoms with van der Waals surface area (Å²) < 4.78 is 27.8. The molecule has 0 amide bonds. The first-order valence-corrected chi connectivity index (χ1v) is 6.83. The predicted octanol–water partition coefficient (Wildman–Crippen LogP) is 3.75. The van der Waals surface area contributed by atoms with Crippen molar-refractivity contribution in [3.63, 3.8) is 0 Å².